The number of carbonyl (C=O) groups is 1. The smallest absolute Gasteiger partial charge is 0.317 e. The van der Waals surface area contributed by atoms with E-state index in [9.17, 15) is 9.59 Å². The first-order valence-corrected chi connectivity index (χ1v) is 5.03. The monoisotopic (exact) mass is 210 g/mol. The Balaban J connectivity index is 2.12. The molecule has 0 atom stereocenters. The molecule has 1 aliphatic heterocycles. The highest BCUT2D eigenvalue weighted by molar-refractivity contribution is 5.74. The zero-order valence-electron chi connectivity index (χ0n) is 8.59. The number of aromatic amines is 2. The Morgan fingerprint density at radius 3 is 3.07 bits per heavy atom. The largest absolute Gasteiger partial charge is 0.338 e. The van der Waals surface area contributed by atoms with Crippen LogP contribution in [0.2, 0.25) is 0 Å². The van der Waals surface area contributed by atoms with Gasteiger partial charge in [0, 0.05) is 18.7 Å². The molecule has 2 heterocycles. The topological polar surface area (TPSA) is 81.0 Å². The zero-order chi connectivity index (χ0) is 10.8. The van der Waals surface area contributed by atoms with Crippen LogP contribution in [0.25, 0.3) is 0 Å². The number of aromatic nitrogens is 2. The summed E-state index contributed by atoms with van der Waals surface area (Å²) >= 11 is 0. The molecule has 1 aromatic heterocycles. The molecule has 3 N–H and O–H groups in total. The van der Waals surface area contributed by atoms with Gasteiger partial charge < -0.3 is 15.3 Å². The highest BCUT2D eigenvalue weighted by Gasteiger charge is 2.23. The van der Waals surface area contributed by atoms with Crippen LogP contribution in [0.4, 0.5) is 4.79 Å². The van der Waals surface area contributed by atoms with Crippen LogP contribution in [-0.2, 0) is 13.0 Å². The number of nitrogens with one attached hydrogen (secondary N) is 3. The lowest BCUT2D eigenvalue weighted by atomic mass is 10.1. The Bertz CT molecular complexity index is 420. The predicted molar refractivity (Wildman–Crippen MR) is 54.6 cm³/mol. The molecule has 6 heteroatoms. The third kappa shape index (κ3) is 1.74. The lowest BCUT2D eigenvalue weighted by molar-refractivity contribution is 0.192. The van der Waals surface area contributed by atoms with Gasteiger partial charge in [-0.3, -0.25) is 9.89 Å². The fraction of sp³-hybridized carbons (Fsp3) is 0.556. The predicted octanol–water partition coefficient (Wildman–Crippen LogP) is -0.209. The van der Waals surface area contributed by atoms with Crippen LogP contribution in [0.5, 0.6) is 0 Å². The molecule has 0 aromatic carbocycles. The molecule has 0 bridgehead atoms. The maximum atomic E-state index is 11.5. The van der Waals surface area contributed by atoms with Crippen molar-refractivity contribution in [3.8, 4) is 0 Å². The van der Waals surface area contributed by atoms with Crippen molar-refractivity contribution in [1.82, 2.24) is 20.4 Å². The fourth-order valence-electron chi connectivity index (χ4n) is 1.77. The lowest BCUT2D eigenvalue weighted by Crippen LogP contribution is -2.43. The van der Waals surface area contributed by atoms with Crippen LogP contribution < -0.4 is 10.9 Å². The molecule has 0 radical (unpaired) electrons. The molecule has 0 aliphatic carbocycles. The Labute approximate surface area is 86.6 Å². The van der Waals surface area contributed by atoms with Crippen molar-refractivity contribution in [2.24, 2.45) is 0 Å². The molecular formula is C9H14N4O2. The molecule has 0 unspecified atom stereocenters. The normalized spacial score (nSPS) is 14.9. The van der Waals surface area contributed by atoms with E-state index < -0.39 is 0 Å². The molecule has 2 rings (SSSR count). The Hall–Kier alpha value is -1.72. The van der Waals surface area contributed by atoms with Crippen LogP contribution >= 0.6 is 0 Å². The summed E-state index contributed by atoms with van der Waals surface area (Å²) in [6.07, 6.45) is 0.616. The first-order valence-electron chi connectivity index (χ1n) is 5.03. The first kappa shape index (κ1) is 9.82. The number of rotatable bonds is 1. The Morgan fingerprint density at radius 1 is 1.53 bits per heavy atom. The van der Waals surface area contributed by atoms with Crippen LogP contribution in [0.15, 0.2) is 4.79 Å². The van der Waals surface area contributed by atoms with Gasteiger partial charge in [0.1, 0.15) is 0 Å². The molecule has 0 fully saturated rings. The minimum atomic E-state index is -0.0785. The lowest BCUT2D eigenvalue weighted by Gasteiger charge is -2.26. The summed E-state index contributed by atoms with van der Waals surface area (Å²) in [4.78, 5) is 24.5. The van der Waals surface area contributed by atoms with Crippen molar-refractivity contribution < 1.29 is 4.79 Å². The van der Waals surface area contributed by atoms with E-state index in [0.29, 0.717) is 26.1 Å². The Morgan fingerprint density at radius 2 is 2.33 bits per heavy atom. The van der Waals surface area contributed by atoms with Crippen molar-refractivity contribution in [2.75, 3.05) is 13.1 Å². The first-order chi connectivity index (χ1) is 7.22. The SMILES string of the molecule is CCNC(=O)N1CCc2c([nH][nH]c2=O)C1. The van der Waals surface area contributed by atoms with Gasteiger partial charge in [-0.05, 0) is 13.3 Å². The maximum Gasteiger partial charge on any atom is 0.317 e. The summed E-state index contributed by atoms with van der Waals surface area (Å²) in [6, 6.07) is -0.0785. The molecular weight excluding hydrogens is 196 g/mol. The number of hydrogen-bond donors (Lipinski definition) is 3. The molecule has 0 spiro atoms. The van der Waals surface area contributed by atoms with E-state index in [4.69, 9.17) is 0 Å². The number of nitrogens with zero attached hydrogens (tertiary/aromatic N) is 1. The number of H-pyrrole nitrogens is 2. The van der Waals surface area contributed by atoms with Crippen LogP contribution in [0.1, 0.15) is 18.2 Å². The van der Waals surface area contributed by atoms with Gasteiger partial charge in [0.05, 0.1) is 12.2 Å². The van der Waals surface area contributed by atoms with E-state index in [2.05, 4.69) is 15.5 Å². The number of hydrogen-bond acceptors (Lipinski definition) is 2. The molecule has 0 saturated heterocycles. The standard InChI is InChI=1S/C9H14N4O2/c1-2-10-9(15)13-4-3-6-7(5-13)11-12-8(6)14/h2-5H2,1H3,(H,10,15)(H2,11,12,14). The third-order valence-electron chi connectivity index (χ3n) is 2.56. The average molecular weight is 210 g/mol. The zero-order valence-corrected chi connectivity index (χ0v) is 8.59. The van der Waals surface area contributed by atoms with E-state index in [1.165, 1.54) is 0 Å². The van der Waals surface area contributed by atoms with E-state index >= 15 is 0 Å². The van der Waals surface area contributed by atoms with E-state index in [-0.39, 0.29) is 11.6 Å². The highest BCUT2D eigenvalue weighted by atomic mass is 16.2. The fourth-order valence-corrected chi connectivity index (χ4v) is 1.77. The second-order valence-electron chi connectivity index (χ2n) is 3.54. The van der Waals surface area contributed by atoms with E-state index in [0.717, 1.165) is 11.3 Å². The molecule has 1 aromatic rings. The van der Waals surface area contributed by atoms with E-state index in [1.54, 1.807) is 4.90 Å². The Kier molecular flexibility index (Phi) is 2.49. The van der Waals surface area contributed by atoms with E-state index in [1.807, 2.05) is 6.92 Å². The molecule has 82 valence electrons. The summed E-state index contributed by atoms with van der Waals surface area (Å²) in [5.74, 6) is 0. The molecule has 0 saturated carbocycles. The number of fused-ring (bicyclic) bond motifs is 1. The molecule has 6 nitrogen and oxygen atoms in total. The second kappa shape index (κ2) is 3.80. The van der Waals surface area contributed by atoms with Gasteiger partial charge in [0.15, 0.2) is 0 Å². The minimum Gasteiger partial charge on any atom is -0.338 e. The van der Waals surface area contributed by atoms with Crippen molar-refractivity contribution in [1.29, 1.82) is 0 Å². The average Bonchev–Trinajstić information content (AvgIpc) is 2.60. The molecule has 15 heavy (non-hydrogen) atoms. The summed E-state index contributed by atoms with van der Waals surface area (Å²) in [7, 11) is 0. The molecule has 2 amide bonds. The van der Waals surface area contributed by atoms with Crippen molar-refractivity contribution in [2.45, 2.75) is 19.9 Å². The van der Waals surface area contributed by atoms with Gasteiger partial charge in [-0.1, -0.05) is 0 Å². The van der Waals surface area contributed by atoms with Crippen LogP contribution in [0.3, 0.4) is 0 Å². The third-order valence-corrected chi connectivity index (χ3v) is 2.56. The van der Waals surface area contributed by atoms with Gasteiger partial charge in [-0.2, -0.15) is 0 Å². The molecule has 1 aliphatic rings. The second-order valence-corrected chi connectivity index (χ2v) is 3.54. The number of carbonyl (C=O) groups excluding carboxylic acids is 1. The van der Waals surface area contributed by atoms with Gasteiger partial charge in [-0.15, -0.1) is 0 Å². The number of urea groups is 1. The van der Waals surface area contributed by atoms with Crippen molar-refractivity contribution >= 4 is 6.03 Å². The van der Waals surface area contributed by atoms with Crippen molar-refractivity contribution in [3.63, 3.8) is 0 Å². The summed E-state index contributed by atoms with van der Waals surface area (Å²) < 4.78 is 0. The van der Waals surface area contributed by atoms with Crippen LogP contribution in [0, 0.1) is 0 Å². The van der Waals surface area contributed by atoms with Crippen LogP contribution in [-0.4, -0.2) is 34.2 Å². The van der Waals surface area contributed by atoms with Gasteiger partial charge in [-0.25, -0.2) is 4.79 Å². The summed E-state index contributed by atoms with van der Waals surface area (Å²) in [6.45, 7) is 3.57. The van der Waals surface area contributed by atoms with Gasteiger partial charge in [0.25, 0.3) is 5.56 Å². The maximum absolute atomic E-state index is 11.5. The summed E-state index contributed by atoms with van der Waals surface area (Å²) in [5.41, 5.74) is 1.52. The van der Waals surface area contributed by atoms with Crippen molar-refractivity contribution in [3.05, 3.63) is 21.6 Å². The van der Waals surface area contributed by atoms with Gasteiger partial charge in [0.2, 0.25) is 0 Å². The van der Waals surface area contributed by atoms with Gasteiger partial charge >= 0.3 is 6.03 Å². The number of amides is 2. The minimum absolute atomic E-state index is 0.0689. The quantitative estimate of drug-likeness (QED) is 0.599. The summed E-state index contributed by atoms with van der Waals surface area (Å²) in [5, 5.41) is 8.06. The highest BCUT2D eigenvalue weighted by Crippen LogP contribution is 2.12.